The summed E-state index contributed by atoms with van der Waals surface area (Å²) in [6.07, 6.45) is 1.09. The minimum Gasteiger partial charge on any atom is -0.494 e. The molecule has 20 heavy (non-hydrogen) atoms. The van der Waals surface area contributed by atoms with Crippen molar-refractivity contribution in [2.45, 2.75) is 27.2 Å². The maximum Gasteiger partial charge on any atom is 0.176 e. The van der Waals surface area contributed by atoms with E-state index in [1.807, 2.05) is 6.92 Å². The van der Waals surface area contributed by atoms with Gasteiger partial charge in [-0.25, -0.2) is 4.39 Å². The number of ketones is 1. The van der Waals surface area contributed by atoms with E-state index in [2.05, 4.69) is 18.7 Å². The van der Waals surface area contributed by atoms with Gasteiger partial charge in [-0.05, 0) is 30.7 Å². The van der Waals surface area contributed by atoms with Crippen LogP contribution in [0.3, 0.4) is 0 Å². The van der Waals surface area contributed by atoms with Gasteiger partial charge in [0.2, 0.25) is 0 Å². The number of benzene rings is 1. The number of rotatable bonds is 8. The number of likely N-dealkylation sites (N-methyl/N-ethyl adjacent to an activating group) is 1. The summed E-state index contributed by atoms with van der Waals surface area (Å²) in [6, 6.07) is 4.35. The van der Waals surface area contributed by atoms with Crippen molar-refractivity contribution in [3.63, 3.8) is 0 Å². The fourth-order valence-corrected chi connectivity index (χ4v) is 2.01. The van der Waals surface area contributed by atoms with Gasteiger partial charge in [0.05, 0.1) is 13.7 Å². The van der Waals surface area contributed by atoms with Crippen molar-refractivity contribution in [1.82, 2.24) is 4.90 Å². The highest BCUT2D eigenvalue weighted by Gasteiger charge is 2.15. The highest BCUT2D eigenvalue weighted by Crippen LogP contribution is 2.18. The lowest BCUT2D eigenvalue weighted by atomic mass is 10.1. The van der Waals surface area contributed by atoms with Crippen molar-refractivity contribution in [1.29, 1.82) is 0 Å². The van der Waals surface area contributed by atoms with E-state index < -0.39 is 5.82 Å². The lowest BCUT2D eigenvalue weighted by Crippen LogP contribution is -2.33. The topological polar surface area (TPSA) is 29.5 Å². The van der Waals surface area contributed by atoms with Gasteiger partial charge in [0.25, 0.3) is 0 Å². The smallest absolute Gasteiger partial charge is 0.176 e. The normalized spacial score (nSPS) is 12.5. The third kappa shape index (κ3) is 4.60. The average molecular weight is 281 g/mol. The first-order valence-electron chi connectivity index (χ1n) is 7.10. The number of carbonyl (C=O) groups is 1. The van der Waals surface area contributed by atoms with Crippen molar-refractivity contribution in [3.05, 3.63) is 29.6 Å². The predicted molar refractivity (Wildman–Crippen MR) is 78.9 cm³/mol. The van der Waals surface area contributed by atoms with Gasteiger partial charge in [0, 0.05) is 12.1 Å². The van der Waals surface area contributed by atoms with Crippen LogP contribution in [0.25, 0.3) is 0 Å². The molecular formula is C16H24FNO2. The van der Waals surface area contributed by atoms with Crippen LogP contribution in [-0.2, 0) is 0 Å². The number of carbonyl (C=O) groups excluding carboxylic acids is 1. The first-order valence-corrected chi connectivity index (χ1v) is 7.10. The van der Waals surface area contributed by atoms with E-state index >= 15 is 0 Å². The third-order valence-corrected chi connectivity index (χ3v) is 3.55. The number of hydrogen-bond donors (Lipinski definition) is 0. The fourth-order valence-electron chi connectivity index (χ4n) is 2.01. The quantitative estimate of drug-likeness (QED) is 0.684. The van der Waals surface area contributed by atoms with Crippen LogP contribution in [0, 0.1) is 11.7 Å². The molecule has 112 valence electrons. The molecule has 0 aliphatic carbocycles. The van der Waals surface area contributed by atoms with Crippen LogP contribution in [0.15, 0.2) is 18.2 Å². The van der Waals surface area contributed by atoms with Crippen LogP contribution in [0.2, 0.25) is 0 Å². The van der Waals surface area contributed by atoms with Crippen LogP contribution < -0.4 is 4.74 Å². The Balaban J connectivity index is 2.71. The maximum absolute atomic E-state index is 13.6. The van der Waals surface area contributed by atoms with E-state index in [1.54, 1.807) is 6.07 Å². The Kier molecular flexibility index (Phi) is 6.65. The summed E-state index contributed by atoms with van der Waals surface area (Å²) >= 11 is 0. The Morgan fingerprint density at radius 2 is 2.10 bits per heavy atom. The summed E-state index contributed by atoms with van der Waals surface area (Å²) < 4.78 is 18.5. The van der Waals surface area contributed by atoms with Crippen molar-refractivity contribution in [2.24, 2.45) is 5.92 Å². The summed E-state index contributed by atoms with van der Waals surface area (Å²) in [5.41, 5.74) is 0.394. The highest BCUT2D eigenvalue weighted by atomic mass is 19.1. The van der Waals surface area contributed by atoms with Crippen LogP contribution in [0.1, 0.15) is 37.6 Å². The monoisotopic (exact) mass is 281 g/mol. The number of nitrogens with zero attached hydrogens (tertiary/aromatic N) is 1. The van der Waals surface area contributed by atoms with Gasteiger partial charge in [0.1, 0.15) is 0 Å². The molecule has 1 rings (SSSR count). The Morgan fingerprint density at radius 3 is 2.60 bits per heavy atom. The first kappa shape index (κ1) is 16.6. The van der Waals surface area contributed by atoms with E-state index in [0.717, 1.165) is 19.5 Å². The molecule has 0 saturated carbocycles. The Hall–Kier alpha value is -1.42. The summed E-state index contributed by atoms with van der Waals surface area (Å²) in [4.78, 5) is 14.3. The minimum absolute atomic E-state index is 0.0586. The largest absolute Gasteiger partial charge is 0.494 e. The molecule has 0 amide bonds. The Bertz CT molecular complexity index is 448. The van der Waals surface area contributed by atoms with E-state index in [9.17, 15) is 9.18 Å². The number of Topliss-reactive ketones (excluding diaryl/α,β-unsaturated/α-hetero) is 1. The molecule has 0 fully saturated rings. The van der Waals surface area contributed by atoms with Crippen molar-refractivity contribution in [3.8, 4) is 5.75 Å². The molecule has 0 radical (unpaired) electrons. The number of halogens is 1. The molecule has 4 heteroatoms. The van der Waals surface area contributed by atoms with Crippen LogP contribution >= 0.6 is 0 Å². The van der Waals surface area contributed by atoms with Gasteiger partial charge in [0.15, 0.2) is 17.3 Å². The second-order valence-electron chi connectivity index (χ2n) is 5.11. The van der Waals surface area contributed by atoms with Crippen molar-refractivity contribution in [2.75, 3.05) is 26.7 Å². The molecule has 1 unspecified atom stereocenters. The lowest BCUT2D eigenvalue weighted by molar-refractivity contribution is 0.0923. The third-order valence-electron chi connectivity index (χ3n) is 3.55. The van der Waals surface area contributed by atoms with Gasteiger partial charge in [-0.15, -0.1) is 0 Å². The van der Waals surface area contributed by atoms with Gasteiger partial charge < -0.3 is 4.74 Å². The molecule has 0 aromatic heterocycles. The SMILES string of the molecule is CCC(C)CN(CC)CC(=O)c1ccc(OC)c(F)c1. The summed E-state index contributed by atoms with van der Waals surface area (Å²) in [5.74, 6) is 0.156. The first-order chi connectivity index (χ1) is 9.51. The molecule has 0 aliphatic heterocycles. The standard InChI is InChI=1S/C16H24FNO2/c1-5-12(3)10-18(6-2)11-15(19)13-7-8-16(20-4)14(17)9-13/h7-9,12H,5-6,10-11H2,1-4H3. The molecule has 0 bridgehead atoms. The molecule has 0 heterocycles. The number of hydrogen-bond acceptors (Lipinski definition) is 3. The van der Waals surface area contributed by atoms with Gasteiger partial charge in [-0.1, -0.05) is 27.2 Å². The average Bonchev–Trinajstić information content (AvgIpc) is 2.45. The van der Waals surface area contributed by atoms with E-state index in [4.69, 9.17) is 4.74 Å². The predicted octanol–water partition coefficient (Wildman–Crippen LogP) is 3.39. The van der Waals surface area contributed by atoms with Crippen molar-refractivity contribution >= 4 is 5.78 Å². The molecule has 0 spiro atoms. The number of methoxy groups -OCH3 is 1. The van der Waals surface area contributed by atoms with Crippen LogP contribution in [-0.4, -0.2) is 37.4 Å². The highest BCUT2D eigenvalue weighted by molar-refractivity contribution is 5.97. The lowest BCUT2D eigenvalue weighted by Gasteiger charge is -2.23. The molecule has 0 aliphatic rings. The fraction of sp³-hybridized carbons (Fsp3) is 0.562. The minimum atomic E-state index is -0.497. The zero-order valence-electron chi connectivity index (χ0n) is 12.8. The summed E-state index contributed by atoms with van der Waals surface area (Å²) in [5, 5.41) is 0. The summed E-state index contributed by atoms with van der Waals surface area (Å²) in [6.45, 7) is 8.36. The molecule has 1 atom stereocenters. The van der Waals surface area contributed by atoms with Gasteiger partial charge >= 0.3 is 0 Å². The molecule has 3 nitrogen and oxygen atoms in total. The molecule has 1 aromatic carbocycles. The number of ether oxygens (including phenoxy) is 1. The zero-order chi connectivity index (χ0) is 15.1. The van der Waals surface area contributed by atoms with Crippen LogP contribution in [0.4, 0.5) is 4.39 Å². The molecule has 0 saturated heterocycles. The van der Waals surface area contributed by atoms with E-state index in [1.165, 1.54) is 19.2 Å². The molecule has 1 aromatic rings. The van der Waals surface area contributed by atoms with Crippen molar-refractivity contribution < 1.29 is 13.9 Å². The molecule has 0 N–H and O–H groups in total. The molecular weight excluding hydrogens is 257 g/mol. The van der Waals surface area contributed by atoms with E-state index in [-0.39, 0.29) is 11.5 Å². The zero-order valence-corrected chi connectivity index (χ0v) is 12.8. The summed E-state index contributed by atoms with van der Waals surface area (Å²) in [7, 11) is 1.41. The second kappa shape index (κ2) is 8.00. The van der Waals surface area contributed by atoms with Gasteiger partial charge in [-0.2, -0.15) is 0 Å². The van der Waals surface area contributed by atoms with E-state index in [0.29, 0.717) is 18.0 Å². The Morgan fingerprint density at radius 1 is 1.40 bits per heavy atom. The maximum atomic E-state index is 13.6. The van der Waals surface area contributed by atoms with Crippen LogP contribution in [0.5, 0.6) is 5.75 Å². The second-order valence-corrected chi connectivity index (χ2v) is 5.11. The van der Waals surface area contributed by atoms with Gasteiger partial charge in [-0.3, -0.25) is 9.69 Å². The Labute approximate surface area is 120 Å².